The molecule has 0 spiro atoms. The molecule has 1 fully saturated rings. The van der Waals surface area contributed by atoms with Gasteiger partial charge in [0.2, 0.25) is 0 Å². The number of pyridine rings is 1. The zero-order valence-corrected chi connectivity index (χ0v) is 14.5. The molecule has 0 aliphatic carbocycles. The monoisotopic (exact) mass is 335 g/mol. The van der Waals surface area contributed by atoms with Crippen LogP contribution in [0, 0.1) is 0 Å². The summed E-state index contributed by atoms with van der Waals surface area (Å²) in [7, 11) is 1.72. The van der Waals surface area contributed by atoms with E-state index in [-0.39, 0.29) is 24.0 Å². The average molecular weight is 335 g/mol. The van der Waals surface area contributed by atoms with Crippen molar-refractivity contribution in [1.82, 2.24) is 14.8 Å². The fourth-order valence-electron chi connectivity index (χ4n) is 2.59. The van der Waals surface area contributed by atoms with Crippen LogP contribution in [0.3, 0.4) is 0 Å². The van der Waals surface area contributed by atoms with Gasteiger partial charge in [0.15, 0.2) is 5.84 Å². The average Bonchev–Trinajstić information content (AvgIpc) is 2.48. The van der Waals surface area contributed by atoms with E-state index in [4.69, 9.17) is 15.7 Å². The van der Waals surface area contributed by atoms with E-state index in [2.05, 4.69) is 10.1 Å². The molecule has 1 aromatic heterocycles. The van der Waals surface area contributed by atoms with Crippen LogP contribution in [-0.4, -0.2) is 63.7 Å². The highest BCUT2D eigenvalue weighted by Gasteiger charge is 2.39. The van der Waals surface area contributed by atoms with E-state index in [9.17, 15) is 4.79 Å². The number of likely N-dealkylation sites (N-methyl/N-ethyl adjacent to an activating group) is 1. The van der Waals surface area contributed by atoms with Crippen molar-refractivity contribution in [3.05, 3.63) is 30.1 Å². The highest BCUT2D eigenvalue weighted by atomic mass is 16.6. The quantitative estimate of drug-likeness (QED) is 0.373. The first-order valence-electron chi connectivity index (χ1n) is 7.80. The van der Waals surface area contributed by atoms with Crippen molar-refractivity contribution in [2.75, 3.05) is 20.1 Å². The molecule has 0 aromatic carbocycles. The van der Waals surface area contributed by atoms with E-state index >= 15 is 0 Å². The van der Waals surface area contributed by atoms with Crippen LogP contribution >= 0.6 is 0 Å². The second-order valence-corrected chi connectivity index (χ2v) is 6.91. The Morgan fingerprint density at radius 2 is 2.21 bits per heavy atom. The minimum absolute atomic E-state index is 0.0190. The first-order chi connectivity index (χ1) is 11.2. The maximum absolute atomic E-state index is 12.1. The maximum Gasteiger partial charge on any atom is 0.410 e. The summed E-state index contributed by atoms with van der Waals surface area (Å²) in [5.41, 5.74) is 6.16. The zero-order chi connectivity index (χ0) is 17.9. The molecule has 2 heterocycles. The third-order valence-corrected chi connectivity index (χ3v) is 3.88. The fourth-order valence-corrected chi connectivity index (χ4v) is 2.59. The summed E-state index contributed by atoms with van der Waals surface area (Å²) in [6.45, 7) is 6.71. The Hall–Kier alpha value is -2.35. The van der Waals surface area contributed by atoms with Crippen molar-refractivity contribution in [2.24, 2.45) is 10.9 Å². The molecule has 1 aliphatic heterocycles. The molecule has 24 heavy (non-hydrogen) atoms. The number of amidine groups is 1. The topological polar surface area (TPSA) is 104 Å². The number of hydrogen-bond donors (Lipinski definition) is 2. The summed E-state index contributed by atoms with van der Waals surface area (Å²) in [6.07, 6.45) is 3.00. The van der Waals surface area contributed by atoms with E-state index in [0.29, 0.717) is 13.1 Å². The number of likely N-dealkylation sites (tertiary alicyclic amines) is 1. The number of aromatic nitrogens is 1. The van der Waals surface area contributed by atoms with Crippen molar-refractivity contribution in [1.29, 1.82) is 0 Å². The summed E-state index contributed by atoms with van der Waals surface area (Å²) >= 11 is 0. The van der Waals surface area contributed by atoms with Gasteiger partial charge in [0.1, 0.15) is 5.60 Å². The molecule has 0 bridgehead atoms. The first-order valence-corrected chi connectivity index (χ1v) is 7.80. The van der Waals surface area contributed by atoms with Gasteiger partial charge < -0.3 is 20.6 Å². The molecule has 1 aromatic rings. The predicted octanol–water partition coefficient (Wildman–Crippen LogP) is 1.42. The lowest BCUT2D eigenvalue weighted by Crippen LogP contribution is -2.62. The fraction of sp³-hybridized carbons (Fsp3) is 0.562. The number of oxime groups is 1. The molecule has 0 radical (unpaired) electrons. The van der Waals surface area contributed by atoms with Gasteiger partial charge in [0.25, 0.3) is 0 Å². The van der Waals surface area contributed by atoms with Gasteiger partial charge in [0.05, 0.1) is 12.1 Å². The minimum Gasteiger partial charge on any atom is -0.444 e. The largest absolute Gasteiger partial charge is 0.444 e. The Labute approximate surface area is 141 Å². The summed E-state index contributed by atoms with van der Waals surface area (Å²) in [4.78, 5) is 19.8. The number of hydrogen-bond acceptors (Lipinski definition) is 6. The molecular formula is C16H25N5O3. The van der Waals surface area contributed by atoms with Crippen LogP contribution < -0.4 is 5.73 Å². The van der Waals surface area contributed by atoms with Gasteiger partial charge in [-0.2, -0.15) is 0 Å². The van der Waals surface area contributed by atoms with E-state index in [1.54, 1.807) is 30.4 Å². The summed E-state index contributed by atoms with van der Waals surface area (Å²) in [5.74, 6) is 0.0985. The van der Waals surface area contributed by atoms with Crippen molar-refractivity contribution >= 4 is 11.9 Å². The molecule has 1 unspecified atom stereocenters. The summed E-state index contributed by atoms with van der Waals surface area (Å²) in [6, 6.07) is 3.33. The molecule has 8 nitrogen and oxygen atoms in total. The van der Waals surface area contributed by atoms with E-state index in [1.807, 2.05) is 31.7 Å². The van der Waals surface area contributed by atoms with Crippen molar-refractivity contribution in [3.63, 3.8) is 0 Å². The molecular weight excluding hydrogens is 310 g/mol. The molecule has 132 valence electrons. The zero-order valence-electron chi connectivity index (χ0n) is 14.5. The lowest BCUT2D eigenvalue weighted by Gasteiger charge is -2.47. The van der Waals surface area contributed by atoms with Crippen LogP contribution in [0.1, 0.15) is 32.4 Å². The highest BCUT2D eigenvalue weighted by molar-refractivity contribution is 5.86. The minimum atomic E-state index is -0.527. The first kappa shape index (κ1) is 18.0. The van der Waals surface area contributed by atoms with Gasteiger partial charge in [-0.05, 0) is 32.4 Å². The second kappa shape index (κ2) is 7.04. The second-order valence-electron chi connectivity index (χ2n) is 6.91. The van der Waals surface area contributed by atoms with Crippen LogP contribution in [0.15, 0.2) is 29.7 Å². The van der Waals surface area contributed by atoms with E-state index < -0.39 is 5.60 Å². The Kier molecular flexibility index (Phi) is 5.28. The third-order valence-electron chi connectivity index (χ3n) is 3.88. The van der Waals surface area contributed by atoms with Gasteiger partial charge in [0, 0.05) is 32.5 Å². The number of rotatable bonds is 4. The molecule has 1 amide bonds. The molecule has 1 saturated heterocycles. The number of ether oxygens (including phenoxy) is 1. The van der Waals surface area contributed by atoms with Gasteiger partial charge in [-0.1, -0.05) is 11.2 Å². The Balaban J connectivity index is 2.02. The molecule has 1 atom stereocenters. The molecule has 8 heteroatoms. The summed E-state index contributed by atoms with van der Waals surface area (Å²) in [5, 5.41) is 12.2. The van der Waals surface area contributed by atoms with Crippen LogP contribution in [0.25, 0.3) is 0 Å². The molecule has 3 N–H and O–H groups in total. The van der Waals surface area contributed by atoms with E-state index in [0.717, 1.165) is 5.56 Å². The molecule has 0 saturated carbocycles. The number of carbonyl (C=O) groups is 1. The van der Waals surface area contributed by atoms with Crippen molar-refractivity contribution < 1.29 is 14.7 Å². The van der Waals surface area contributed by atoms with Crippen molar-refractivity contribution in [3.8, 4) is 0 Å². The normalized spacial score (nSPS) is 17.9. The van der Waals surface area contributed by atoms with Gasteiger partial charge in [-0.25, -0.2) is 4.79 Å². The number of nitrogens with two attached hydrogens (primary N) is 1. The predicted molar refractivity (Wildman–Crippen MR) is 89.7 cm³/mol. The van der Waals surface area contributed by atoms with Gasteiger partial charge in [-0.15, -0.1) is 0 Å². The van der Waals surface area contributed by atoms with Crippen LogP contribution in [0.5, 0.6) is 0 Å². The van der Waals surface area contributed by atoms with Crippen LogP contribution in [-0.2, 0) is 4.74 Å². The SMILES string of the molecule is CN(C(=O)OC(C)(C)C)C1CN(C(/C(N)=N/O)c2cccnc2)C1. The maximum atomic E-state index is 12.1. The van der Waals surface area contributed by atoms with Gasteiger partial charge >= 0.3 is 6.09 Å². The Bertz CT molecular complexity index is 593. The van der Waals surface area contributed by atoms with Crippen LogP contribution in [0.4, 0.5) is 4.79 Å². The van der Waals surface area contributed by atoms with Crippen molar-refractivity contribution in [2.45, 2.75) is 38.5 Å². The summed E-state index contributed by atoms with van der Waals surface area (Å²) < 4.78 is 5.38. The number of carbonyl (C=O) groups excluding carboxylic acids is 1. The number of amides is 1. The Morgan fingerprint density at radius 1 is 1.54 bits per heavy atom. The molecule has 2 rings (SSSR count). The smallest absolute Gasteiger partial charge is 0.410 e. The number of nitrogens with zero attached hydrogens (tertiary/aromatic N) is 4. The lowest BCUT2D eigenvalue weighted by atomic mass is 9.99. The van der Waals surface area contributed by atoms with Crippen LogP contribution in [0.2, 0.25) is 0 Å². The third kappa shape index (κ3) is 4.14. The van der Waals surface area contributed by atoms with E-state index in [1.165, 1.54) is 0 Å². The Morgan fingerprint density at radius 3 is 2.71 bits per heavy atom. The standard InChI is InChI=1S/C16H25N5O3/c1-16(2,3)24-15(22)20(4)12-9-21(10-12)13(14(17)19-23)11-6-5-7-18-8-11/h5-8,12-13,23H,9-10H2,1-4H3,(H2,17,19). The highest BCUT2D eigenvalue weighted by Crippen LogP contribution is 2.28. The van der Waals surface area contributed by atoms with Gasteiger partial charge in [-0.3, -0.25) is 9.88 Å². The molecule has 1 aliphatic rings. The lowest BCUT2D eigenvalue weighted by molar-refractivity contribution is -0.00896.